The average molecular weight is 365 g/mol. The molecule has 0 saturated heterocycles. The van der Waals surface area contributed by atoms with E-state index in [2.05, 4.69) is 5.32 Å². The lowest BCUT2D eigenvalue weighted by molar-refractivity contribution is 0.102. The van der Waals surface area contributed by atoms with Crippen LogP contribution in [0.5, 0.6) is 5.75 Å². The van der Waals surface area contributed by atoms with Crippen molar-refractivity contribution >= 4 is 23.2 Å². The second-order valence-electron chi connectivity index (χ2n) is 5.77. The average Bonchev–Trinajstić information content (AvgIpc) is 2.59. The number of benzene rings is 1. The molecule has 1 N–H and O–H groups in total. The molecule has 1 aliphatic rings. The van der Waals surface area contributed by atoms with Gasteiger partial charge >= 0.3 is 0 Å². The number of hydrogen-bond donors (Lipinski definition) is 1. The molecule has 2 aromatic rings. The number of anilines is 1. The molecule has 1 aliphatic heterocycles. The standard InChI is InChI=1S/C18H18ClFN2O3/c1-2-25-14-10-15(23)22-9-4-3-8-13(22)16(14)18(24)21-12-7-5-6-11(19)17(12)20/h5-7,10H,2-4,8-9H2,1H3,(H,21,24). The Morgan fingerprint density at radius 2 is 2.20 bits per heavy atom. The van der Waals surface area contributed by atoms with Crippen LogP contribution in [-0.2, 0) is 13.0 Å². The molecule has 1 aromatic heterocycles. The van der Waals surface area contributed by atoms with Crippen molar-refractivity contribution in [3.63, 3.8) is 0 Å². The summed E-state index contributed by atoms with van der Waals surface area (Å²) >= 11 is 5.76. The first-order chi connectivity index (χ1) is 12.0. The minimum atomic E-state index is -0.697. The molecule has 2 heterocycles. The van der Waals surface area contributed by atoms with Gasteiger partial charge in [-0.25, -0.2) is 4.39 Å². The summed E-state index contributed by atoms with van der Waals surface area (Å²) in [5.41, 5.74) is 0.701. The number of fused-ring (bicyclic) bond motifs is 1. The first kappa shape index (κ1) is 17.5. The van der Waals surface area contributed by atoms with E-state index < -0.39 is 11.7 Å². The molecular weight excluding hydrogens is 347 g/mol. The number of halogens is 2. The second kappa shape index (κ2) is 7.27. The maximum Gasteiger partial charge on any atom is 0.261 e. The third-order valence-corrected chi connectivity index (χ3v) is 4.45. The van der Waals surface area contributed by atoms with Gasteiger partial charge in [0.15, 0.2) is 5.82 Å². The number of nitrogens with zero attached hydrogens (tertiary/aromatic N) is 1. The molecule has 0 fully saturated rings. The van der Waals surface area contributed by atoms with Crippen molar-refractivity contribution in [1.29, 1.82) is 0 Å². The van der Waals surface area contributed by atoms with E-state index in [1.54, 1.807) is 17.6 Å². The Bertz CT molecular complexity index is 879. The molecule has 132 valence electrons. The summed E-state index contributed by atoms with van der Waals surface area (Å²) in [5.74, 6) is -0.992. The van der Waals surface area contributed by atoms with Crippen LogP contribution >= 0.6 is 11.6 Å². The van der Waals surface area contributed by atoms with Crippen LogP contribution in [0.25, 0.3) is 0 Å². The van der Waals surface area contributed by atoms with Crippen LogP contribution in [0.2, 0.25) is 5.02 Å². The molecule has 0 radical (unpaired) electrons. The quantitative estimate of drug-likeness (QED) is 0.901. The molecule has 0 unspecified atom stereocenters. The van der Waals surface area contributed by atoms with Crippen molar-refractivity contribution in [1.82, 2.24) is 4.57 Å². The zero-order chi connectivity index (χ0) is 18.0. The van der Waals surface area contributed by atoms with Gasteiger partial charge in [0.05, 0.1) is 17.3 Å². The van der Waals surface area contributed by atoms with Crippen molar-refractivity contribution in [2.75, 3.05) is 11.9 Å². The number of carbonyl (C=O) groups is 1. The molecule has 25 heavy (non-hydrogen) atoms. The van der Waals surface area contributed by atoms with Crippen LogP contribution in [0, 0.1) is 5.82 Å². The lowest BCUT2D eigenvalue weighted by Gasteiger charge is -2.23. The maximum absolute atomic E-state index is 14.1. The van der Waals surface area contributed by atoms with E-state index in [4.69, 9.17) is 16.3 Å². The van der Waals surface area contributed by atoms with E-state index >= 15 is 0 Å². The highest BCUT2D eigenvalue weighted by atomic mass is 35.5. The van der Waals surface area contributed by atoms with Crippen LogP contribution in [-0.4, -0.2) is 17.1 Å². The van der Waals surface area contributed by atoms with E-state index in [9.17, 15) is 14.0 Å². The minimum absolute atomic E-state index is 0.0132. The molecule has 0 bridgehead atoms. The summed E-state index contributed by atoms with van der Waals surface area (Å²) in [4.78, 5) is 25.1. The Morgan fingerprint density at radius 1 is 1.40 bits per heavy atom. The third kappa shape index (κ3) is 3.39. The second-order valence-corrected chi connectivity index (χ2v) is 6.17. The zero-order valence-electron chi connectivity index (χ0n) is 13.8. The van der Waals surface area contributed by atoms with Crippen molar-refractivity contribution in [2.45, 2.75) is 32.7 Å². The highest BCUT2D eigenvalue weighted by Gasteiger charge is 2.25. The first-order valence-electron chi connectivity index (χ1n) is 8.17. The maximum atomic E-state index is 14.1. The fraction of sp³-hybridized carbons (Fsp3) is 0.333. The van der Waals surface area contributed by atoms with E-state index in [0.717, 1.165) is 12.8 Å². The molecule has 3 rings (SSSR count). The van der Waals surface area contributed by atoms with Gasteiger partial charge in [-0.2, -0.15) is 0 Å². The van der Waals surface area contributed by atoms with Gasteiger partial charge in [-0.15, -0.1) is 0 Å². The largest absolute Gasteiger partial charge is 0.493 e. The highest BCUT2D eigenvalue weighted by Crippen LogP contribution is 2.28. The van der Waals surface area contributed by atoms with Crippen LogP contribution in [0.1, 0.15) is 35.8 Å². The SMILES string of the molecule is CCOc1cc(=O)n2c(c1C(=O)Nc1cccc(Cl)c1F)CCCC2. The Balaban J connectivity index is 2.06. The molecule has 5 nitrogen and oxygen atoms in total. The van der Waals surface area contributed by atoms with Crippen molar-refractivity contribution < 1.29 is 13.9 Å². The zero-order valence-corrected chi connectivity index (χ0v) is 14.5. The highest BCUT2D eigenvalue weighted by molar-refractivity contribution is 6.31. The smallest absolute Gasteiger partial charge is 0.261 e. The molecular formula is C18H18ClFN2O3. The fourth-order valence-corrected chi connectivity index (χ4v) is 3.21. The number of carbonyl (C=O) groups excluding carboxylic acids is 1. The van der Waals surface area contributed by atoms with Gasteiger partial charge in [0.25, 0.3) is 11.5 Å². The van der Waals surface area contributed by atoms with Crippen LogP contribution in [0.3, 0.4) is 0 Å². The van der Waals surface area contributed by atoms with Gasteiger partial charge < -0.3 is 14.6 Å². The monoisotopic (exact) mass is 364 g/mol. The Kier molecular flexibility index (Phi) is 5.08. The van der Waals surface area contributed by atoms with Gasteiger partial charge in [0, 0.05) is 18.3 Å². The van der Waals surface area contributed by atoms with E-state index in [1.807, 2.05) is 0 Å². The molecule has 7 heteroatoms. The first-order valence-corrected chi connectivity index (χ1v) is 8.55. The molecule has 0 saturated carbocycles. The summed E-state index contributed by atoms with van der Waals surface area (Å²) in [5, 5.41) is 2.47. The lowest BCUT2D eigenvalue weighted by Crippen LogP contribution is -2.31. The molecule has 1 amide bonds. The van der Waals surface area contributed by atoms with E-state index in [1.165, 1.54) is 18.2 Å². The topological polar surface area (TPSA) is 60.3 Å². The Hall–Kier alpha value is -2.34. The lowest BCUT2D eigenvalue weighted by atomic mass is 10.0. The molecule has 0 atom stereocenters. The number of nitrogens with one attached hydrogen (secondary N) is 1. The van der Waals surface area contributed by atoms with E-state index in [0.29, 0.717) is 25.3 Å². The predicted molar refractivity (Wildman–Crippen MR) is 94.2 cm³/mol. The number of rotatable bonds is 4. The summed E-state index contributed by atoms with van der Waals surface area (Å²) < 4.78 is 21.2. The van der Waals surface area contributed by atoms with Crippen molar-refractivity contribution in [3.8, 4) is 5.75 Å². The van der Waals surface area contributed by atoms with Crippen molar-refractivity contribution in [3.05, 3.63) is 56.7 Å². The van der Waals surface area contributed by atoms with Gasteiger partial charge in [-0.05, 0) is 38.3 Å². The number of amides is 1. The van der Waals surface area contributed by atoms with Crippen LogP contribution in [0.4, 0.5) is 10.1 Å². The number of hydrogen-bond acceptors (Lipinski definition) is 3. The number of aromatic nitrogens is 1. The van der Waals surface area contributed by atoms with Gasteiger partial charge in [0.1, 0.15) is 11.3 Å². The van der Waals surface area contributed by atoms with E-state index in [-0.39, 0.29) is 27.6 Å². The predicted octanol–water partition coefficient (Wildman–Crippen LogP) is 3.63. The van der Waals surface area contributed by atoms with Crippen molar-refractivity contribution in [2.24, 2.45) is 0 Å². The fourth-order valence-electron chi connectivity index (χ4n) is 3.04. The van der Waals surface area contributed by atoms with Crippen LogP contribution in [0.15, 0.2) is 29.1 Å². The van der Waals surface area contributed by atoms with Gasteiger partial charge in [-0.1, -0.05) is 17.7 Å². The molecule has 1 aromatic carbocycles. The minimum Gasteiger partial charge on any atom is -0.493 e. The summed E-state index contributed by atoms with van der Waals surface area (Å²) in [6.07, 6.45) is 2.35. The number of ether oxygens (including phenoxy) is 1. The van der Waals surface area contributed by atoms with Crippen LogP contribution < -0.4 is 15.6 Å². The van der Waals surface area contributed by atoms with Gasteiger partial charge in [-0.3, -0.25) is 9.59 Å². The van der Waals surface area contributed by atoms with Gasteiger partial charge in [0.2, 0.25) is 0 Å². The molecule has 0 aliphatic carbocycles. The summed E-state index contributed by atoms with van der Waals surface area (Å²) in [6.45, 7) is 2.65. The third-order valence-electron chi connectivity index (χ3n) is 4.15. The normalized spacial score (nSPS) is 13.2. The molecule has 0 spiro atoms. The Morgan fingerprint density at radius 3 is 2.96 bits per heavy atom. The Labute approximate surface area is 149 Å². The summed E-state index contributed by atoms with van der Waals surface area (Å²) in [6, 6.07) is 5.71. The summed E-state index contributed by atoms with van der Waals surface area (Å²) in [7, 11) is 0. The number of pyridine rings is 1.